The smallest absolute Gasteiger partial charge is 0.0865 e. The Morgan fingerprint density at radius 3 is 2.79 bits per heavy atom. The third-order valence-electron chi connectivity index (χ3n) is 3.68. The molecule has 3 heteroatoms. The number of methoxy groups -OCH3 is 1. The van der Waals surface area contributed by atoms with Gasteiger partial charge in [0.2, 0.25) is 0 Å². The summed E-state index contributed by atoms with van der Waals surface area (Å²) in [5.41, 5.74) is 1.30. The van der Waals surface area contributed by atoms with Gasteiger partial charge in [-0.3, -0.25) is 0 Å². The zero-order chi connectivity index (χ0) is 13.3. The van der Waals surface area contributed by atoms with Crippen molar-refractivity contribution >= 4 is 0 Å². The molecule has 2 rings (SSSR count). The van der Waals surface area contributed by atoms with Crippen LogP contribution in [0.25, 0.3) is 0 Å². The van der Waals surface area contributed by atoms with Gasteiger partial charge in [0.15, 0.2) is 0 Å². The van der Waals surface area contributed by atoms with Crippen LogP contribution in [0.3, 0.4) is 0 Å². The van der Waals surface area contributed by atoms with Crippen LogP contribution in [0.1, 0.15) is 30.9 Å². The highest BCUT2D eigenvalue weighted by atomic mass is 16.5. The van der Waals surface area contributed by atoms with E-state index in [0.29, 0.717) is 5.92 Å². The number of benzene rings is 1. The van der Waals surface area contributed by atoms with Crippen molar-refractivity contribution in [3.8, 4) is 0 Å². The molecule has 0 bridgehead atoms. The Kier molecular flexibility index (Phi) is 6.34. The van der Waals surface area contributed by atoms with Gasteiger partial charge in [-0.1, -0.05) is 30.3 Å². The normalized spacial score (nSPS) is 21.2. The lowest BCUT2D eigenvalue weighted by Crippen LogP contribution is -2.34. The number of nitrogens with one attached hydrogen (secondary N) is 1. The summed E-state index contributed by atoms with van der Waals surface area (Å²) in [7, 11) is 1.74. The highest BCUT2D eigenvalue weighted by molar-refractivity contribution is 5.18. The van der Waals surface area contributed by atoms with Crippen LogP contribution in [0, 0.1) is 5.92 Å². The van der Waals surface area contributed by atoms with Gasteiger partial charge < -0.3 is 14.8 Å². The first-order valence-corrected chi connectivity index (χ1v) is 7.28. The quantitative estimate of drug-likeness (QED) is 0.767. The molecule has 1 unspecified atom stereocenters. The third kappa shape index (κ3) is 4.60. The molecule has 1 aromatic carbocycles. The van der Waals surface area contributed by atoms with E-state index in [-0.39, 0.29) is 6.10 Å². The van der Waals surface area contributed by atoms with Gasteiger partial charge in [0.1, 0.15) is 0 Å². The molecule has 1 saturated heterocycles. The molecule has 106 valence electrons. The molecule has 19 heavy (non-hydrogen) atoms. The Morgan fingerprint density at radius 1 is 1.26 bits per heavy atom. The van der Waals surface area contributed by atoms with E-state index >= 15 is 0 Å². The molecule has 2 atom stereocenters. The first-order chi connectivity index (χ1) is 9.42. The third-order valence-corrected chi connectivity index (χ3v) is 3.68. The van der Waals surface area contributed by atoms with Crippen molar-refractivity contribution in [1.29, 1.82) is 0 Å². The van der Waals surface area contributed by atoms with E-state index in [1.165, 1.54) is 18.4 Å². The molecule has 0 amide bonds. The maximum atomic E-state index is 6.15. The SMILES string of the molecule is COCCCOC(c1ccccc1)[C@@H]1CCCNC1. The van der Waals surface area contributed by atoms with Gasteiger partial charge in [-0.15, -0.1) is 0 Å². The van der Waals surface area contributed by atoms with Gasteiger partial charge in [0.25, 0.3) is 0 Å². The van der Waals surface area contributed by atoms with Crippen LogP contribution in [0.5, 0.6) is 0 Å². The van der Waals surface area contributed by atoms with E-state index < -0.39 is 0 Å². The largest absolute Gasteiger partial charge is 0.385 e. The van der Waals surface area contributed by atoms with Crippen LogP contribution in [-0.2, 0) is 9.47 Å². The summed E-state index contributed by atoms with van der Waals surface area (Å²) in [4.78, 5) is 0. The van der Waals surface area contributed by atoms with Crippen molar-refractivity contribution in [2.24, 2.45) is 5.92 Å². The molecule has 1 N–H and O–H groups in total. The van der Waals surface area contributed by atoms with Crippen molar-refractivity contribution < 1.29 is 9.47 Å². The maximum absolute atomic E-state index is 6.15. The Hall–Kier alpha value is -0.900. The van der Waals surface area contributed by atoms with E-state index in [2.05, 4.69) is 35.6 Å². The molecule has 1 aliphatic heterocycles. The molecule has 0 saturated carbocycles. The average Bonchev–Trinajstić information content (AvgIpc) is 2.49. The fraction of sp³-hybridized carbons (Fsp3) is 0.625. The molecule has 0 spiro atoms. The van der Waals surface area contributed by atoms with Crippen LogP contribution in [-0.4, -0.2) is 33.4 Å². The average molecular weight is 263 g/mol. The lowest BCUT2D eigenvalue weighted by molar-refractivity contribution is -0.00501. The molecule has 1 aliphatic rings. The predicted molar refractivity (Wildman–Crippen MR) is 77.2 cm³/mol. The van der Waals surface area contributed by atoms with Crippen molar-refractivity contribution in [3.05, 3.63) is 35.9 Å². The fourth-order valence-electron chi connectivity index (χ4n) is 2.70. The number of hydrogen-bond acceptors (Lipinski definition) is 3. The van der Waals surface area contributed by atoms with Gasteiger partial charge in [-0.25, -0.2) is 0 Å². The van der Waals surface area contributed by atoms with Crippen LogP contribution < -0.4 is 5.32 Å². The molecular weight excluding hydrogens is 238 g/mol. The van der Waals surface area contributed by atoms with Crippen molar-refractivity contribution in [2.75, 3.05) is 33.4 Å². The van der Waals surface area contributed by atoms with Crippen LogP contribution in [0.4, 0.5) is 0 Å². The standard InChI is InChI=1S/C16H25NO2/c1-18-11-6-12-19-16(14-7-3-2-4-8-14)15-9-5-10-17-13-15/h2-4,7-8,15-17H,5-6,9-13H2,1H3/t15-,16?/m1/s1. The van der Waals surface area contributed by atoms with E-state index in [0.717, 1.165) is 32.7 Å². The van der Waals surface area contributed by atoms with E-state index in [4.69, 9.17) is 9.47 Å². The minimum Gasteiger partial charge on any atom is -0.385 e. The maximum Gasteiger partial charge on any atom is 0.0865 e. The topological polar surface area (TPSA) is 30.5 Å². The summed E-state index contributed by atoms with van der Waals surface area (Å²) in [6, 6.07) is 10.6. The minimum absolute atomic E-state index is 0.214. The van der Waals surface area contributed by atoms with Crippen LogP contribution in [0.2, 0.25) is 0 Å². The Bertz CT molecular complexity index is 336. The molecule has 1 heterocycles. The zero-order valence-corrected chi connectivity index (χ0v) is 11.8. The lowest BCUT2D eigenvalue weighted by Gasteiger charge is -2.31. The summed E-state index contributed by atoms with van der Waals surface area (Å²) in [5, 5.41) is 3.48. The monoisotopic (exact) mass is 263 g/mol. The molecule has 0 radical (unpaired) electrons. The van der Waals surface area contributed by atoms with Crippen molar-refractivity contribution in [1.82, 2.24) is 5.32 Å². The number of piperidine rings is 1. The van der Waals surface area contributed by atoms with Crippen molar-refractivity contribution in [2.45, 2.75) is 25.4 Å². The Morgan fingerprint density at radius 2 is 2.11 bits per heavy atom. The first-order valence-electron chi connectivity index (χ1n) is 7.28. The van der Waals surface area contributed by atoms with Crippen molar-refractivity contribution in [3.63, 3.8) is 0 Å². The van der Waals surface area contributed by atoms with Crippen LogP contribution in [0.15, 0.2) is 30.3 Å². The molecule has 3 nitrogen and oxygen atoms in total. The second kappa shape index (κ2) is 8.31. The molecule has 1 aromatic rings. The van der Waals surface area contributed by atoms with E-state index in [1.54, 1.807) is 7.11 Å². The van der Waals surface area contributed by atoms with Gasteiger partial charge in [0, 0.05) is 32.8 Å². The molecule has 0 aromatic heterocycles. The zero-order valence-electron chi connectivity index (χ0n) is 11.8. The summed E-state index contributed by atoms with van der Waals surface area (Å²) in [5.74, 6) is 0.582. The van der Waals surface area contributed by atoms with Gasteiger partial charge in [-0.2, -0.15) is 0 Å². The second-order valence-electron chi connectivity index (χ2n) is 5.15. The summed E-state index contributed by atoms with van der Waals surface area (Å²) < 4.78 is 11.2. The summed E-state index contributed by atoms with van der Waals surface area (Å²) in [6.07, 6.45) is 3.66. The lowest BCUT2D eigenvalue weighted by atomic mass is 9.89. The Labute approximate surface area is 116 Å². The van der Waals surface area contributed by atoms with Gasteiger partial charge >= 0.3 is 0 Å². The first kappa shape index (κ1) is 14.5. The second-order valence-corrected chi connectivity index (χ2v) is 5.15. The summed E-state index contributed by atoms with van der Waals surface area (Å²) >= 11 is 0. The number of ether oxygens (including phenoxy) is 2. The highest BCUT2D eigenvalue weighted by Gasteiger charge is 2.25. The minimum atomic E-state index is 0.214. The molecular formula is C16H25NO2. The number of hydrogen-bond donors (Lipinski definition) is 1. The Balaban J connectivity index is 1.96. The van der Waals surface area contributed by atoms with Gasteiger partial charge in [0.05, 0.1) is 6.10 Å². The van der Waals surface area contributed by atoms with E-state index in [1.807, 2.05) is 0 Å². The van der Waals surface area contributed by atoms with Gasteiger partial charge in [-0.05, 0) is 31.4 Å². The fourth-order valence-corrected chi connectivity index (χ4v) is 2.70. The number of rotatable bonds is 7. The predicted octanol–water partition coefficient (Wildman–Crippen LogP) is 2.78. The van der Waals surface area contributed by atoms with E-state index in [9.17, 15) is 0 Å². The highest BCUT2D eigenvalue weighted by Crippen LogP contribution is 2.30. The van der Waals surface area contributed by atoms with Crippen LogP contribution >= 0.6 is 0 Å². The summed E-state index contributed by atoms with van der Waals surface area (Å²) in [6.45, 7) is 3.74. The molecule has 1 fully saturated rings. The molecule has 0 aliphatic carbocycles.